The van der Waals surface area contributed by atoms with Crippen molar-refractivity contribution < 1.29 is 19.4 Å². The van der Waals surface area contributed by atoms with Crippen LogP contribution in [0.2, 0.25) is 0 Å². The van der Waals surface area contributed by atoms with Gasteiger partial charge < -0.3 is 9.84 Å². The molecule has 0 heterocycles. The van der Waals surface area contributed by atoms with Crippen LogP contribution in [0.1, 0.15) is 40.4 Å². The maximum atomic E-state index is 12.2. The number of ether oxygens (including phenoxy) is 1. The van der Waals surface area contributed by atoms with Gasteiger partial charge in [0.1, 0.15) is 5.75 Å². The minimum Gasteiger partial charge on any atom is -0.479 e. The number of ketones is 1. The van der Waals surface area contributed by atoms with Gasteiger partial charge in [0.05, 0.1) is 4.83 Å². The molecule has 2 atom stereocenters. The van der Waals surface area contributed by atoms with Crippen LogP contribution in [0.25, 0.3) is 0 Å². The van der Waals surface area contributed by atoms with Crippen LogP contribution in [0, 0.1) is 13.8 Å². The second-order valence-electron chi connectivity index (χ2n) is 5.06. The molecule has 0 spiro atoms. The summed E-state index contributed by atoms with van der Waals surface area (Å²) in [7, 11) is 0. The van der Waals surface area contributed by atoms with Gasteiger partial charge in [-0.05, 0) is 43.9 Å². The second-order valence-corrected chi connectivity index (χ2v) is 6.16. The molecule has 1 N–H and O–H groups in total. The van der Waals surface area contributed by atoms with Crippen LogP contribution in [-0.4, -0.2) is 27.8 Å². The number of carboxylic acids is 1. The van der Waals surface area contributed by atoms with Crippen molar-refractivity contribution in [1.82, 2.24) is 0 Å². The zero-order valence-electron chi connectivity index (χ0n) is 11.7. The molecule has 0 aliphatic heterocycles. The van der Waals surface area contributed by atoms with E-state index in [2.05, 4.69) is 15.9 Å². The number of carbonyl (C=O) groups excluding carboxylic acids is 1. The molecule has 0 amide bonds. The minimum absolute atomic E-state index is 0.0504. The predicted molar refractivity (Wildman–Crippen MR) is 79.0 cm³/mol. The number of hydrogen-bond acceptors (Lipinski definition) is 3. The molecule has 0 saturated heterocycles. The first kappa shape index (κ1) is 15.0. The predicted octanol–water partition coefficient (Wildman–Crippen LogP) is 3.05. The molecule has 5 heteroatoms. The van der Waals surface area contributed by atoms with Crippen molar-refractivity contribution in [3.05, 3.63) is 28.3 Å². The molecule has 0 saturated carbocycles. The molecule has 20 heavy (non-hydrogen) atoms. The van der Waals surface area contributed by atoms with E-state index in [1.165, 1.54) is 0 Å². The molecule has 1 aliphatic rings. The van der Waals surface area contributed by atoms with Gasteiger partial charge in [0, 0.05) is 11.1 Å². The Hall–Kier alpha value is -1.36. The highest BCUT2D eigenvalue weighted by Crippen LogP contribution is 2.38. The molecule has 4 nitrogen and oxygen atoms in total. The van der Waals surface area contributed by atoms with E-state index in [0.29, 0.717) is 24.2 Å². The fraction of sp³-hybridized carbons (Fsp3) is 0.467. The summed E-state index contributed by atoms with van der Waals surface area (Å²) in [5.41, 5.74) is 3.39. The van der Waals surface area contributed by atoms with E-state index >= 15 is 0 Å². The van der Waals surface area contributed by atoms with Crippen molar-refractivity contribution in [3.8, 4) is 5.75 Å². The number of carboxylic acid groups (broad SMARTS) is 1. The van der Waals surface area contributed by atoms with Crippen molar-refractivity contribution in [3.63, 3.8) is 0 Å². The average Bonchev–Trinajstić information content (AvgIpc) is 2.68. The van der Waals surface area contributed by atoms with Crippen LogP contribution in [0.5, 0.6) is 5.75 Å². The van der Waals surface area contributed by atoms with E-state index in [0.717, 1.165) is 16.7 Å². The molecular formula is C15H17BrO4. The summed E-state index contributed by atoms with van der Waals surface area (Å²) in [4.78, 5) is 23.1. The highest BCUT2D eigenvalue weighted by molar-refractivity contribution is 9.10. The lowest BCUT2D eigenvalue weighted by Crippen LogP contribution is -2.26. The largest absolute Gasteiger partial charge is 0.479 e. The van der Waals surface area contributed by atoms with E-state index in [4.69, 9.17) is 9.84 Å². The first-order chi connectivity index (χ1) is 9.36. The van der Waals surface area contributed by atoms with Gasteiger partial charge in [-0.2, -0.15) is 0 Å². The van der Waals surface area contributed by atoms with Gasteiger partial charge in [0.2, 0.25) is 0 Å². The zero-order valence-corrected chi connectivity index (χ0v) is 13.3. The fourth-order valence-electron chi connectivity index (χ4n) is 2.47. The molecule has 0 aromatic heterocycles. The van der Waals surface area contributed by atoms with E-state index in [1.54, 1.807) is 6.92 Å². The van der Waals surface area contributed by atoms with Crippen LogP contribution in [0.3, 0.4) is 0 Å². The molecule has 1 aliphatic carbocycles. The third kappa shape index (κ3) is 2.46. The van der Waals surface area contributed by atoms with Crippen molar-refractivity contribution >= 4 is 27.7 Å². The van der Waals surface area contributed by atoms with Gasteiger partial charge in [0.15, 0.2) is 11.9 Å². The lowest BCUT2D eigenvalue weighted by atomic mass is 9.98. The summed E-state index contributed by atoms with van der Waals surface area (Å²) in [5, 5.41) is 9.11. The Labute approximate surface area is 126 Å². The van der Waals surface area contributed by atoms with Crippen molar-refractivity contribution in [1.29, 1.82) is 0 Å². The fourth-order valence-corrected chi connectivity index (χ4v) is 3.02. The van der Waals surface area contributed by atoms with Gasteiger partial charge in [0.25, 0.3) is 0 Å². The highest BCUT2D eigenvalue weighted by Gasteiger charge is 2.34. The monoisotopic (exact) mass is 340 g/mol. The summed E-state index contributed by atoms with van der Waals surface area (Å²) in [6.07, 6.45) is 0.0364. The Kier molecular flexibility index (Phi) is 4.18. The van der Waals surface area contributed by atoms with Gasteiger partial charge in [-0.15, -0.1) is 0 Å². The molecular weight excluding hydrogens is 324 g/mol. The van der Waals surface area contributed by atoms with E-state index in [-0.39, 0.29) is 10.6 Å². The number of hydrogen-bond donors (Lipinski definition) is 1. The third-order valence-corrected chi connectivity index (χ3v) is 4.48. The van der Waals surface area contributed by atoms with Crippen LogP contribution in [0.4, 0.5) is 0 Å². The summed E-state index contributed by atoms with van der Waals surface area (Å²) < 4.78 is 5.63. The van der Waals surface area contributed by atoms with Crippen LogP contribution >= 0.6 is 15.9 Å². The van der Waals surface area contributed by atoms with E-state index in [9.17, 15) is 9.59 Å². The highest BCUT2D eigenvalue weighted by atomic mass is 79.9. The van der Waals surface area contributed by atoms with Crippen LogP contribution < -0.4 is 4.74 Å². The summed E-state index contributed by atoms with van der Waals surface area (Å²) in [6.45, 7) is 5.58. The minimum atomic E-state index is -0.987. The maximum absolute atomic E-state index is 12.2. The normalized spacial score (nSPS) is 18.8. The lowest BCUT2D eigenvalue weighted by molar-refractivity contribution is -0.145. The number of aliphatic carboxylic acids is 1. The second kappa shape index (κ2) is 5.56. The number of aryl methyl sites for hydroxylation is 1. The Morgan fingerprint density at radius 2 is 2.20 bits per heavy atom. The number of alkyl halides is 1. The molecule has 2 rings (SSSR count). The van der Waals surface area contributed by atoms with Crippen molar-refractivity contribution in [2.45, 2.75) is 44.5 Å². The Morgan fingerprint density at radius 1 is 1.55 bits per heavy atom. The van der Waals surface area contributed by atoms with Gasteiger partial charge in [-0.25, -0.2) is 4.79 Å². The molecule has 1 aromatic carbocycles. The Morgan fingerprint density at radius 3 is 2.75 bits per heavy atom. The number of rotatable bonds is 4. The van der Waals surface area contributed by atoms with Gasteiger partial charge in [-0.3, -0.25) is 4.79 Å². The molecule has 0 fully saturated rings. The smallest absolute Gasteiger partial charge is 0.344 e. The van der Waals surface area contributed by atoms with Gasteiger partial charge in [-0.1, -0.05) is 22.9 Å². The van der Waals surface area contributed by atoms with Gasteiger partial charge >= 0.3 is 5.97 Å². The third-order valence-electron chi connectivity index (χ3n) is 3.74. The number of Topliss-reactive ketones (excluding diaryl/α,β-unsaturated/α-hetero) is 1. The Bertz CT molecular complexity index is 580. The number of carbonyl (C=O) groups is 2. The summed E-state index contributed by atoms with van der Waals surface area (Å²) in [6, 6.07) is 1.83. The zero-order chi connectivity index (χ0) is 15.0. The first-order valence-corrected chi connectivity index (χ1v) is 7.49. The van der Waals surface area contributed by atoms with Crippen molar-refractivity contribution in [2.24, 2.45) is 0 Å². The standard InChI is InChI=1S/C15H17BrO4/c1-4-11(15(18)19)20-12-5-7(2)8(3)13-9(12)6-10(16)14(13)17/h5,10-11H,4,6H2,1-3H3,(H,18,19). The van der Waals surface area contributed by atoms with E-state index < -0.39 is 12.1 Å². The summed E-state index contributed by atoms with van der Waals surface area (Å²) in [5.74, 6) is -0.415. The maximum Gasteiger partial charge on any atom is 0.344 e. The van der Waals surface area contributed by atoms with Crippen LogP contribution in [-0.2, 0) is 11.2 Å². The topological polar surface area (TPSA) is 63.6 Å². The Balaban J connectivity index is 2.49. The SMILES string of the molecule is CCC(Oc1cc(C)c(C)c2c1CC(Br)C2=O)C(=O)O. The molecule has 1 aromatic rings. The number of halogens is 1. The lowest BCUT2D eigenvalue weighted by Gasteiger charge is -2.18. The number of benzene rings is 1. The number of fused-ring (bicyclic) bond motifs is 1. The molecule has 108 valence electrons. The first-order valence-electron chi connectivity index (χ1n) is 6.57. The van der Waals surface area contributed by atoms with E-state index in [1.807, 2.05) is 19.9 Å². The molecule has 2 unspecified atom stereocenters. The van der Waals surface area contributed by atoms with Crippen molar-refractivity contribution in [2.75, 3.05) is 0 Å². The van der Waals surface area contributed by atoms with Crippen LogP contribution in [0.15, 0.2) is 6.07 Å². The average molecular weight is 341 g/mol. The molecule has 0 radical (unpaired) electrons. The summed E-state index contributed by atoms with van der Waals surface area (Å²) >= 11 is 3.37. The molecule has 0 bridgehead atoms. The quantitative estimate of drug-likeness (QED) is 0.855.